The number of likely N-dealkylation sites (N-methyl/N-ethyl adjacent to an activating group) is 1. The largest absolute Gasteiger partial charge is 0.379 e. The normalized spacial score (nSPS) is 13.9. The number of ether oxygens (including phenoxy) is 2. The van der Waals surface area contributed by atoms with E-state index in [4.69, 9.17) is 15.2 Å². The summed E-state index contributed by atoms with van der Waals surface area (Å²) in [6.07, 6.45) is 0.978. The molecule has 0 fully saturated rings. The first-order chi connectivity index (χ1) is 9.67. The van der Waals surface area contributed by atoms with E-state index in [-0.39, 0.29) is 6.61 Å². The predicted molar refractivity (Wildman–Crippen MR) is 78.3 cm³/mol. The first kappa shape index (κ1) is 16.6. The van der Waals surface area contributed by atoms with Crippen LogP contribution in [-0.4, -0.2) is 39.4 Å². The lowest BCUT2D eigenvalue weighted by molar-refractivity contribution is -0.127. The Balaban J connectivity index is 2.64. The molecule has 1 unspecified atom stereocenters. The molecule has 0 saturated carbocycles. The second-order valence-electron chi connectivity index (χ2n) is 4.55. The van der Waals surface area contributed by atoms with E-state index in [0.29, 0.717) is 13.2 Å². The number of amides is 1. The summed E-state index contributed by atoms with van der Waals surface area (Å²) in [4.78, 5) is 11.9. The van der Waals surface area contributed by atoms with Crippen LogP contribution in [-0.2, 0) is 19.8 Å². The highest BCUT2D eigenvalue weighted by Gasteiger charge is 2.37. The van der Waals surface area contributed by atoms with Crippen molar-refractivity contribution < 1.29 is 14.3 Å². The van der Waals surface area contributed by atoms with Gasteiger partial charge < -0.3 is 20.5 Å². The molecule has 0 aromatic heterocycles. The van der Waals surface area contributed by atoms with Crippen molar-refractivity contribution in [3.8, 4) is 0 Å². The molecule has 1 aromatic carbocycles. The number of hydrogen-bond acceptors (Lipinski definition) is 4. The van der Waals surface area contributed by atoms with Gasteiger partial charge in [0, 0.05) is 6.61 Å². The van der Waals surface area contributed by atoms with Crippen LogP contribution < -0.4 is 11.1 Å². The van der Waals surface area contributed by atoms with Gasteiger partial charge in [-0.2, -0.15) is 0 Å². The lowest BCUT2D eigenvalue weighted by Gasteiger charge is -2.30. The fourth-order valence-electron chi connectivity index (χ4n) is 1.95. The van der Waals surface area contributed by atoms with Crippen LogP contribution in [0.3, 0.4) is 0 Å². The zero-order valence-electron chi connectivity index (χ0n) is 12.2. The van der Waals surface area contributed by atoms with Crippen LogP contribution in [0.4, 0.5) is 0 Å². The first-order valence-electron chi connectivity index (χ1n) is 6.87. The minimum absolute atomic E-state index is 0.179. The van der Waals surface area contributed by atoms with Crippen LogP contribution in [0.2, 0.25) is 0 Å². The molecule has 0 aliphatic rings. The number of benzene rings is 1. The molecule has 0 heterocycles. The molecule has 5 nitrogen and oxygen atoms in total. The van der Waals surface area contributed by atoms with Crippen LogP contribution in [0, 0.1) is 0 Å². The molecule has 1 amide bonds. The van der Waals surface area contributed by atoms with Gasteiger partial charge in [-0.25, -0.2) is 0 Å². The highest BCUT2D eigenvalue weighted by molar-refractivity contribution is 5.86. The molecule has 20 heavy (non-hydrogen) atoms. The summed E-state index contributed by atoms with van der Waals surface area (Å²) >= 11 is 0. The highest BCUT2D eigenvalue weighted by atomic mass is 16.5. The van der Waals surface area contributed by atoms with Crippen molar-refractivity contribution in [1.29, 1.82) is 0 Å². The molecule has 5 heteroatoms. The van der Waals surface area contributed by atoms with Gasteiger partial charge in [-0.05, 0) is 19.0 Å². The van der Waals surface area contributed by atoms with Crippen LogP contribution in [0.1, 0.15) is 18.9 Å². The Hall–Kier alpha value is -1.43. The average molecular weight is 280 g/mol. The molecule has 0 saturated heterocycles. The zero-order chi connectivity index (χ0) is 14.8. The molecule has 0 spiro atoms. The minimum Gasteiger partial charge on any atom is -0.379 e. The molecule has 1 rings (SSSR count). The second kappa shape index (κ2) is 8.68. The smallest absolute Gasteiger partial charge is 0.244 e. The van der Waals surface area contributed by atoms with E-state index < -0.39 is 11.4 Å². The van der Waals surface area contributed by atoms with E-state index in [9.17, 15) is 4.79 Å². The van der Waals surface area contributed by atoms with E-state index in [0.717, 1.165) is 18.6 Å². The Morgan fingerprint density at radius 2 is 1.85 bits per heavy atom. The third-order valence-electron chi connectivity index (χ3n) is 3.15. The molecule has 3 N–H and O–H groups in total. The van der Waals surface area contributed by atoms with Crippen LogP contribution in [0.5, 0.6) is 0 Å². The van der Waals surface area contributed by atoms with Crippen molar-refractivity contribution in [2.24, 2.45) is 5.73 Å². The summed E-state index contributed by atoms with van der Waals surface area (Å²) in [5.41, 5.74) is 5.35. The fraction of sp³-hybridized carbons (Fsp3) is 0.533. The van der Waals surface area contributed by atoms with Gasteiger partial charge in [-0.3, -0.25) is 4.79 Å². The van der Waals surface area contributed by atoms with E-state index in [1.165, 1.54) is 0 Å². The maximum Gasteiger partial charge on any atom is 0.244 e. The number of nitrogens with two attached hydrogens (primary N) is 1. The number of carbonyl (C=O) groups is 1. The molecule has 0 radical (unpaired) electrons. The van der Waals surface area contributed by atoms with Crippen LogP contribution in [0.15, 0.2) is 30.3 Å². The van der Waals surface area contributed by atoms with Gasteiger partial charge in [0.05, 0.1) is 19.8 Å². The molecule has 112 valence electrons. The van der Waals surface area contributed by atoms with Gasteiger partial charge in [-0.1, -0.05) is 37.3 Å². The Morgan fingerprint density at radius 1 is 1.20 bits per heavy atom. The summed E-state index contributed by atoms with van der Waals surface area (Å²) in [5, 5.41) is 2.99. The van der Waals surface area contributed by atoms with Crippen LogP contribution >= 0.6 is 0 Å². The van der Waals surface area contributed by atoms with Crippen LogP contribution in [0.25, 0.3) is 0 Å². The Kier molecular flexibility index (Phi) is 7.22. The summed E-state index contributed by atoms with van der Waals surface area (Å²) in [6, 6.07) is 9.35. The van der Waals surface area contributed by atoms with Gasteiger partial charge in [0.25, 0.3) is 0 Å². The molecule has 0 aliphatic carbocycles. The van der Waals surface area contributed by atoms with Gasteiger partial charge in [0.15, 0.2) is 0 Å². The standard InChI is InChI=1S/C15H24N2O3/c1-3-9-19-10-11-20-12-15(17-2,14(16)18)13-7-5-4-6-8-13/h4-8,17H,3,9-12H2,1-2H3,(H2,16,18). The number of primary amides is 1. The van der Waals surface area contributed by atoms with E-state index in [1.807, 2.05) is 30.3 Å². The van der Waals surface area contributed by atoms with Gasteiger partial charge in [-0.15, -0.1) is 0 Å². The van der Waals surface area contributed by atoms with Gasteiger partial charge in [0.2, 0.25) is 5.91 Å². The fourth-order valence-corrected chi connectivity index (χ4v) is 1.95. The summed E-state index contributed by atoms with van der Waals surface area (Å²) in [5.74, 6) is -0.458. The van der Waals surface area contributed by atoms with E-state index >= 15 is 0 Å². The second-order valence-corrected chi connectivity index (χ2v) is 4.55. The number of nitrogens with one attached hydrogen (secondary N) is 1. The quantitative estimate of drug-likeness (QED) is 0.628. The van der Waals surface area contributed by atoms with Crippen molar-refractivity contribution in [2.75, 3.05) is 33.5 Å². The summed E-state index contributed by atoms with van der Waals surface area (Å²) in [6.45, 7) is 3.90. The third-order valence-corrected chi connectivity index (χ3v) is 3.15. The van der Waals surface area contributed by atoms with Gasteiger partial charge in [0.1, 0.15) is 5.54 Å². The SMILES string of the molecule is CCCOCCOCC(NC)(C(N)=O)c1ccccc1. The third kappa shape index (κ3) is 4.30. The highest BCUT2D eigenvalue weighted by Crippen LogP contribution is 2.21. The number of rotatable bonds is 10. The van der Waals surface area contributed by atoms with Crippen molar-refractivity contribution in [1.82, 2.24) is 5.32 Å². The Morgan fingerprint density at radius 3 is 2.40 bits per heavy atom. The summed E-state index contributed by atoms with van der Waals surface area (Å²) < 4.78 is 10.9. The lowest BCUT2D eigenvalue weighted by atomic mass is 9.90. The minimum atomic E-state index is -1.01. The monoisotopic (exact) mass is 280 g/mol. The van der Waals surface area contributed by atoms with Crippen molar-refractivity contribution in [2.45, 2.75) is 18.9 Å². The number of carbonyl (C=O) groups excluding carboxylic acids is 1. The first-order valence-corrected chi connectivity index (χ1v) is 6.87. The summed E-state index contributed by atoms with van der Waals surface area (Å²) in [7, 11) is 1.70. The molecule has 1 aromatic rings. The van der Waals surface area contributed by atoms with Crippen molar-refractivity contribution >= 4 is 5.91 Å². The maximum absolute atomic E-state index is 11.9. The average Bonchev–Trinajstić information content (AvgIpc) is 2.47. The topological polar surface area (TPSA) is 73.6 Å². The van der Waals surface area contributed by atoms with E-state index in [2.05, 4.69) is 12.2 Å². The maximum atomic E-state index is 11.9. The van der Waals surface area contributed by atoms with Crippen molar-refractivity contribution in [3.63, 3.8) is 0 Å². The lowest BCUT2D eigenvalue weighted by Crippen LogP contribution is -2.54. The van der Waals surface area contributed by atoms with E-state index in [1.54, 1.807) is 7.05 Å². The van der Waals surface area contributed by atoms with Crippen molar-refractivity contribution in [3.05, 3.63) is 35.9 Å². The molecular formula is C15H24N2O3. The Bertz CT molecular complexity index is 397. The molecule has 0 aliphatic heterocycles. The molecule has 1 atom stereocenters. The van der Waals surface area contributed by atoms with Gasteiger partial charge >= 0.3 is 0 Å². The Labute approximate surface area is 120 Å². The predicted octanol–water partition coefficient (Wildman–Crippen LogP) is 1.03. The zero-order valence-corrected chi connectivity index (χ0v) is 12.2. The molecular weight excluding hydrogens is 256 g/mol. The molecule has 0 bridgehead atoms. The number of hydrogen-bond donors (Lipinski definition) is 2.